The van der Waals surface area contributed by atoms with Gasteiger partial charge in [0.1, 0.15) is 6.10 Å². The van der Waals surface area contributed by atoms with Crippen molar-refractivity contribution in [1.82, 2.24) is 5.32 Å². The SMILES string of the molecule is Cc1ccc(C(=O)CNC(=O)C2CCCO2)cc1. The van der Waals surface area contributed by atoms with Crippen LogP contribution in [0.15, 0.2) is 24.3 Å². The van der Waals surface area contributed by atoms with E-state index in [0.29, 0.717) is 12.2 Å². The van der Waals surface area contributed by atoms with Crippen LogP contribution in [-0.2, 0) is 9.53 Å². The molecule has 1 unspecified atom stereocenters. The smallest absolute Gasteiger partial charge is 0.249 e. The summed E-state index contributed by atoms with van der Waals surface area (Å²) in [6.45, 7) is 2.62. The Morgan fingerprint density at radius 3 is 2.67 bits per heavy atom. The van der Waals surface area contributed by atoms with Gasteiger partial charge in [-0.1, -0.05) is 29.8 Å². The topological polar surface area (TPSA) is 55.4 Å². The van der Waals surface area contributed by atoms with Crippen LogP contribution in [0.25, 0.3) is 0 Å². The van der Waals surface area contributed by atoms with E-state index in [4.69, 9.17) is 4.74 Å². The minimum absolute atomic E-state index is 0.0295. The number of hydrogen-bond acceptors (Lipinski definition) is 3. The third-order valence-corrected chi connectivity index (χ3v) is 3.02. The Balaban J connectivity index is 1.84. The third kappa shape index (κ3) is 3.17. The second-order valence-corrected chi connectivity index (χ2v) is 4.51. The van der Waals surface area contributed by atoms with Crippen molar-refractivity contribution in [3.05, 3.63) is 35.4 Å². The molecule has 1 heterocycles. The quantitative estimate of drug-likeness (QED) is 0.820. The molecule has 1 saturated heterocycles. The van der Waals surface area contributed by atoms with E-state index >= 15 is 0 Å². The van der Waals surface area contributed by atoms with Gasteiger partial charge in [-0.05, 0) is 19.8 Å². The van der Waals surface area contributed by atoms with E-state index in [-0.39, 0.29) is 24.3 Å². The Bertz CT molecular complexity index is 433. The summed E-state index contributed by atoms with van der Waals surface area (Å²) in [7, 11) is 0. The van der Waals surface area contributed by atoms with Gasteiger partial charge in [0, 0.05) is 12.2 Å². The molecule has 1 aliphatic heterocycles. The minimum atomic E-state index is -0.379. The molecule has 0 aromatic heterocycles. The average molecular weight is 247 g/mol. The monoisotopic (exact) mass is 247 g/mol. The van der Waals surface area contributed by atoms with E-state index in [0.717, 1.165) is 18.4 Å². The zero-order valence-electron chi connectivity index (χ0n) is 10.4. The van der Waals surface area contributed by atoms with Crippen molar-refractivity contribution in [2.24, 2.45) is 0 Å². The maximum atomic E-state index is 11.8. The van der Waals surface area contributed by atoms with Crippen LogP contribution in [0, 0.1) is 6.92 Å². The number of carbonyl (C=O) groups is 2. The van der Waals surface area contributed by atoms with Crippen LogP contribution in [0.1, 0.15) is 28.8 Å². The molecule has 0 bridgehead atoms. The van der Waals surface area contributed by atoms with Crippen molar-refractivity contribution in [2.45, 2.75) is 25.9 Å². The van der Waals surface area contributed by atoms with Gasteiger partial charge in [-0.25, -0.2) is 0 Å². The first-order valence-corrected chi connectivity index (χ1v) is 6.16. The highest BCUT2D eigenvalue weighted by molar-refractivity contribution is 5.99. The Labute approximate surface area is 106 Å². The third-order valence-electron chi connectivity index (χ3n) is 3.02. The lowest BCUT2D eigenvalue weighted by molar-refractivity contribution is -0.129. The Morgan fingerprint density at radius 1 is 1.33 bits per heavy atom. The molecular weight excluding hydrogens is 230 g/mol. The average Bonchev–Trinajstić information content (AvgIpc) is 2.90. The molecule has 18 heavy (non-hydrogen) atoms. The summed E-state index contributed by atoms with van der Waals surface area (Å²) in [5.41, 5.74) is 1.73. The Morgan fingerprint density at radius 2 is 2.06 bits per heavy atom. The van der Waals surface area contributed by atoms with Crippen LogP contribution >= 0.6 is 0 Å². The number of rotatable bonds is 4. The number of hydrogen-bond donors (Lipinski definition) is 1. The van der Waals surface area contributed by atoms with Crippen LogP contribution in [0.3, 0.4) is 0 Å². The highest BCUT2D eigenvalue weighted by Gasteiger charge is 2.23. The fraction of sp³-hybridized carbons (Fsp3) is 0.429. The van der Waals surface area contributed by atoms with E-state index in [1.807, 2.05) is 19.1 Å². The molecule has 2 rings (SSSR count). The van der Waals surface area contributed by atoms with E-state index in [1.54, 1.807) is 12.1 Å². The van der Waals surface area contributed by atoms with Gasteiger partial charge in [-0.3, -0.25) is 9.59 Å². The fourth-order valence-corrected chi connectivity index (χ4v) is 1.91. The maximum absolute atomic E-state index is 11.8. The highest BCUT2D eigenvalue weighted by atomic mass is 16.5. The Hall–Kier alpha value is -1.68. The number of ketones is 1. The van der Waals surface area contributed by atoms with Crippen molar-refractivity contribution < 1.29 is 14.3 Å². The molecule has 1 aromatic rings. The van der Waals surface area contributed by atoms with Crippen molar-refractivity contribution in [3.8, 4) is 0 Å². The first-order chi connectivity index (χ1) is 8.66. The molecule has 0 spiro atoms. The highest BCUT2D eigenvalue weighted by Crippen LogP contribution is 2.11. The Kier molecular flexibility index (Phi) is 4.10. The largest absolute Gasteiger partial charge is 0.368 e. The molecule has 1 fully saturated rings. The minimum Gasteiger partial charge on any atom is -0.368 e. The first kappa shape index (κ1) is 12.8. The molecule has 1 N–H and O–H groups in total. The summed E-state index contributed by atoms with van der Waals surface area (Å²) < 4.78 is 5.25. The van der Waals surface area contributed by atoms with Crippen molar-refractivity contribution in [2.75, 3.05) is 13.2 Å². The lowest BCUT2D eigenvalue weighted by Crippen LogP contribution is -2.37. The number of amides is 1. The summed E-state index contributed by atoms with van der Waals surface area (Å²) >= 11 is 0. The summed E-state index contributed by atoms with van der Waals surface area (Å²) in [6.07, 6.45) is 1.27. The number of carbonyl (C=O) groups excluding carboxylic acids is 2. The molecule has 0 radical (unpaired) electrons. The molecule has 1 aliphatic rings. The molecule has 0 saturated carbocycles. The van der Waals surface area contributed by atoms with E-state index in [9.17, 15) is 9.59 Å². The van der Waals surface area contributed by atoms with Crippen LogP contribution in [0.4, 0.5) is 0 Å². The van der Waals surface area contributed by atoms with Crippen molar-refractivity contribution in [1.29, 1.82) is 0 Å². The molecular formula is C14H17NO3. The van der Waals surface area contributed by atoms with Crippen molar-refractivity contribution >= 4 is 11.7 Å². The van der Waals surface area contributed by atoms with Crippen LogP contribution < -0.4 is 5.32 Å². The molecule has 1 aromatic carbocycles. The normalized spacial score (nSPS) is 18.6. The predicted molar refractivity (Wildman–Crippen MR) is 67.5 cm³/mol. The molecule has 4 heteroatoms. The van der Waals surface area contributed by atoms with Gasteiger partial charge in [0.2, 0.25) is 5.91 Å². The molecule has 0 aliphatic carbocycles. The van der Waals surface area contributed by atoms with Gasteiger partial charge in [-0.15, -0.1) is 0 Å². The van der Waals surface area contributed by atoms with Crippen LogP contribution in [0.2, 0.25) is 0 Å². The van der Waals surface area contributed by atoms with E-state index in [1.165, 1.54) is 0 Å². The molecule has 1 amide bonds. The summed E-state index contributed by atoms with van der Waals surface area (Å²) in [6, 6.07) is 7.32. The lowest BCUT2D eigenvalue weighted by atomic mass is 10.1. The number of aryl methyl sites for hydroxylation is 1. The van der Waals surface area contributed by atoms with E-state index < -0.39 is 0 Å². The standard InChI is InChI=1S/C14H17NO3/c1-10-4-6-11(7-5-10)12(16)9-15-14(17)13-3-2-8-18-13/h4-7,13H,2-3,8-9H2,1H3,(H,15,17). The first-order valence-electron chi connectivity index (χ1n) is 6.16. The second-order valence-electron chi connectivity index (χ2n) is 4.51. The summed E-state index contributed by atoms with van der Waals surface area (Å²) in [5.74, 6) is -0.269. The number of nitrogens with one attached hydrogen (secondary N) is 1. The number of benzene rings is 1. The molecule has 1 atom stereocenters. The van der Waals surface area contributed by atoms with Gasteiger partial charge < -0.3 is 10.1 Å². The second kappa shape index (κ2) is 5.78. The van der Waals surface area contributed by atoms with Gasteiger partial charge in [0.25, 0.3) is 0 Å². The van der Waals surface area contributed by atoms with Gasteiger partial charge in [0.05, 0.1) is 6.54 Å². The van der Waals surface area contributed by atoms with Gasteiger partial charge in [-0.2, -0.15) is 0 Å². The number of Topliss-reactive ketones (excluding diaryl/α,β-unsaturated/α-hetero) is 1. The van der Waals surface area contributed by atoms with Crippen LogP contribution in [-0.4, -0.2) is 30.9 Å². The summed E-state index contributed by atoms with van der Waals surface area (Å²) in [4.78, 5) is 23.5. The zero-order valence-corrected chi connectivity index (χ0v) is 10.4. The zero-order chi connectivity index (χ0) is 13.0. The molecule has 96 valence electrons. The van der Waals surface area contributed by atoms with Gasteiger partial charge >= 0.3 is 0 Å². The van der Waals surface area contributed by atoms with Crippen LogP contribution in [0.5, 0.6) is 0 Å². The predicted octanol–water partition coefficient (Wildman–Crippen LogP) is 1.47. The van der Waals surface area contributed by atoms with Gasteiger partial charge in [0.15, 0.2) is 5.78 Å². The molecule has 4 nitrogen and oxygen atoms in total. The fourth-order valence-electron chi connectivity index (χ4n) is 1.91. The summed E-state index contributed by atoms with van der Waals surface area (Å²) in [5, 5.41) is 2.62. The van der Waals surface area contributed by atoms with Crippen molar-refractivity contribution in [3.63, 3.8) is 0 Å². The number of ether oxygens (including phenoxy) is 1. The lowest BCUT2D eigenvalue weighted by Gasteiger charge is -2.09. The van der Waals surface area contributed by atoms with E-state index in [2.05, 4.69) is 5.32 Å². The maximum Gasteiger partial charge on any atom is 0.249 e.